The molecule has 0 spiro atoms. The normalized spacial score (nSPS) is 10.9. The van der Waals surface area contributed by atoms with E-state index in [4.69, 9.17) is 11.5 Å². The number of benzene rings is 3. The molecule has 0 atom stereocenters. The van der Waals surface area contributed by atoms with Crippen molar-refractivity contribution in [3.63, 3.8) is 0 Å². The van der Waals surface area contributed by atoms with Gasteiger partial charge in [-0.2, -0.15) is 0 Å². The second-order valence-corrected chi connectivity index (χ2v) is 11.0. The van der Waals surface area contributed by atoms with Crippen molar-refractivity contribution >= 4 is 34.6 Å². The molecular formula is C35H48N4O2. The van der Waals surface area contributed by atoms with E-state index in [0.717, 1.165) is 24.8 Å². The third-order valence-corrected chi connectivity index (χ3v) is 7.51. The van der Waals surface area contributed by atoms with E-state index in [1.54, 1.807) is 48.5 Å². The van der Waals surface area contributed by atoms with Gasteiger partial charge in [0.25, 0.3) is 11.8 Å². The lowest BCUT2D eigenvalue weighted by Crippen LogP contribution is -2.15. The molecule has 3 aromatic carbocycles. The number of nitrogens with one attached hydrogen (secondary N) is 2. The van der Waals surface area contributed by atoms with E-state index in [-0.39, 0.29) is 11.8 Å². The molecule has 220 valence electrons. The van der Waals surface area contributed by atoms with Gasteiger partial charge in [0.1, 0.15) is 0 Å². The van der Waals surface area contributed by atoms with Gasteiger partial charge in [-0.05, 0) is 79.1 Å². The maximum Gasteiger partial charge on any atom is 0.255 e. The minimum atomic E-state index is -0.231. The summed E-state index contributed by atoms with van der Waals surface area (Å²) in [6.45, 7) is 2.27. The molecule has 41 heavy (non-hydrogen) atoms. The maximum atomic E-state index is 13.0. The van der Waals surface area contributed by atoms with Crippen molar-refractivity contribution in [3.8, 4) is 0 Å². The van der Waals surface area contributed by atoms with Gasteiger partial charge in [0.15, 0.2) is 0 Å². The van der Waals surface area contributed by atoms with E-state index in [1.165, 1.54) is 70.6 Å². The van der Waals surface area contributed by atoms with Crippen molar-refractivity contribution < 1.29 is 9.59 Å². The summed E-state index contributed by atoms with van der Waals surface area (Å²) in [5.41, 5.74) is 16.2. The summed E-state index contributed by atoms with van der Waals surface area (Å²) in [5, 5.41) is 5.99. The average molecular weight is 557 g/mol. The largest absolute Gasteiger partial charge is 0.399 e. The summed E-state index contributed by atoms with van der Waals surface area (Å²) in [4.78, 5) is 25.8. The molecule has 0 radical (unpaired) electrons. The van der Waals surface area contributed by atoms with Crippen molar-refractivity contribution in [2.75, 3.05) is 22.1 Å². The second-order valence-electron chi connectivity index (χ2n) is 11.0. The molecule has 0 saturated carbocycles. The second kappa shape index (κ2) is 17.8. The fourth-order valence-corrected chi connectivity index (χ4v) is 4.99. The van der Waals surface area contributed by atoms with Crippen LogP contribution in [0.3, 0.4) is 0 Å². The minimum absolute atomic E-state index is 0.210. The predicted molar refractivity (Wildman–Crippen MR) is 173 cm³/mol. The Morgan fingerprint density at radius 2 is 1.00 bits per heavy atom. The number of aryl methyl sites for hydroxylation is 1. The Hall–Kier alpha value is -3.80. The molecule has 0 saturated heterocycles. The Bertz CT molecular complexity index is 1210. The lowest BCUT2D eigenvalue weighted by molar-refractivity contribution is 0.101. The van der Waals surface area contributed by atoms with E-state index in [0.29, 0.717) is 33.9 Å². The van der Waals surface area contributed by atoms with Crippen molar-refractivity contribution in [2.45, 2.75) is 96.8 Å². The van der Waals surface area contributed by atoms with Crippen LogP contribution in [0.4, 0.5) is 22.7 Å². The molecule has 3 aromatic rings. The monoisotopic (exact) mass is 556 g/mol. The number of rotatable bonds is 18. The van der Waals surface area contributed by atoms with Crippen LogP contribution in [0.25, 0.3) is 0 Å². The zero-order valence-electron chi connectivity index (χ0n) is 24.7. The number of nitrogen functional groups attached to an aromatic ring is 2. The van der Waals surface area contributed by atoms with Gasteiger partial charge in [-0.3, -0.25) is 9.59 Å². The van der Waals surface area contributed by atoms with E-state index < -0.39 is 0 Å². The van der Waals surface area contributed by atoms with Crippen LogP contribution in [0, 0.1) is 0 Å². The summed E-state index contributed by atoms with van der Waals surface area (Å²) in [6, 6.07) is 19.4. The Labute approximate surface area is 246 Å². The smallest absolute Gasteiger partial charge is 0.255 e. The molecule has 0 aromatic heterocycles. The first-order chi connectivity index (χ1) is 20.0. The van der Waals surface area contributed by atoms with E-state index in [1.807, 2.05) is 18.2 Å². The molecule has 0 heterocycles. The number of amides is 2. The van der Waals surface area contributed by atoms with Crippen molar-refractivity contribution in [1.82, 2.24) is 0 Å². The summed E-state index contributed by atoms with van der Waals surface area (Å²) < 4.78 is 0. The third-order valence-electron chi connectivity index (χ3n) is 7.51. The fraction of sp³-hybridized carbons (Fsp3) is 0.429. The molecule has 0 aliphatic heterocycles. The number of hydrogen-bond donors (Lipinski definition) is 4. The Morgan fingerprint density at radius 3 is 1.49 bits per heavy atom. The van der Waals surface area contributed by atoms with Crippen LogP contribution in [0.5, 0.6) is 0 Å². The van der Waals surface area contributed by atoms with Crippen LogP contribution >= 0.6 is 0 Å². The van der Waals surface area contributed by atoms with Gasteiger partial charge in [-0.1, -0.05) is 90.0 Å². The first kappa shape index (κ1) is 31.7. The highest BCUT2D eigenvalue weighted by Gasteiger charge is 2.12. The van der Waals surface area contributed by atoms with Crippen LogP contribution in [-0.4, -0.2) is 11.8 Å². The van der Waals surface area contributed by atoms with Gasteiger partial charge < -0.3 is 22.1 Å². The van der Waals surface area contributed by atoms with Gasteiger partial charge >= 0.3 is 0 Å². The maximum absolute atomic E-state index is 13.0. The summed E-state index contributed by atoms with van der Waals surface area (Å²) in [7, 11) is 0. The minimum Gasteiger partial charge on any atom is -0.399 e. The quantitative estimate of drug-likeness (QED) is 0.0925. The highest BCUT2D eigenvalue weighted by molar-refractivity contribution is 6.07. The highest BCUT2D eigenvalue weighted by atomic mass is 16.2. The van der Waals surface area contributed by atoms with Gasteiger partial charge in [-0.25, -0.2) is 0 Å². The molecule has 6 nitrogen and oxygen atoms in total. The topological polar surface area (TPSA) is 110 Å². The molecule has 0 aliphatic carbocycles. The first-order valence-corrected chi connectivity index (χ1v) is 15.4. The zero-order valence-corrected chi connectivity index (χ0v) is 24.7. The summed E-state index contributed by atoms with van der Waals surface area (Å²) in [6.07, 6.45) is 17.9. The van der Waals surface area contributed by atoms with Crippen molar-refractivity contribution in [1.29, 1.82) is 0 Å². The average Bonchev–Trinajstić information content (AvgIpc) is 2.97. The third kappa shape index (κ3) is 11.7. The molecule has 0 unspecified atom stereocenters. The van der Waals surface area contributed by atoms with Crippen molar-refractivity contribution in [3.05, 3.63) is 83.4 Å². The first-order valence-electron chi connectivity index (χ1n) is 15.4. The van der Waals surface area contributed by atoms with E-state index in [9.17, 15) is 9.59 Å². The fourth-order valence-electron chi connectivity index (χ4n) is 4.99. The molecule has 2 amide bonds. The Balaban J connectivity index is 1.51. The number of carbonyl (C=O) groups excluding carboxylic acids is 2. The summed E-state index contributed by atoms with van der Waals surface area (Å²) in [5.74, 6) is -0.441. The zero-order chi connectivity index (χ0) is 29.3. The van der Waals surface area contributed by atoms with E-state index in [2.05, 4.69) is 17.6 Å². The Kier molecular flexibility index (Phi) is 13.8. The Morgan fingerprint density at radius 1 is 0.561 bits per heavy atom. The lowest BCUT2D eigenvalue weighted by atomic mass is 10.0. The number of anilines is 4. The molecule has 0 aliphatic rings. The lowest BCUT2D eigenvalue weighted by Gasteiger charge is -2.14. The number of unbranched alkanes of at least 4 members (excludes halogenated alkanes) is 12. The van der Waals surface area contributed by atoms with Crippen LogP contribution in [-0.2, 0) is 6.42 Å². The molecular weight excluding hydrogens is 508 g/mol. The SMILES string of the molecule is CCCCCCCCCCCCCCCc1ccc(NC(=O)c2ccc(N)cc2)cc1NC(=O)c1ccc(N)cc1. The predicted octanol–water partition coefficient (Wildman–Crippen LogP) is 8.99. The van der Waals surface area contributed by atoms with Crippen LogP contribution < -0.4 is 22.1 Å². The van der Waals surface area contributed by atoms with Crippen molar-refractivity contribution in [2.24, 2.45) is 0 Å². The molecule has 6 N–H and O–H groups in total. The van der Waals surface area contributed by atoms with E-state index >= 15 is 0 Å². The van der Waals surface area contributed by atoms with Gasteiger partial charge in [0.2, 0.25) is 0 Å². The highest BCUT2D eigenvalue weighted by Crippen LogP contribution is 2.25. The van der Waals surface area contributed by atoms with Gasteiger partial charge in [0, 0.05) is 33.9 Å². The number of nitrogens with two attached hydrogens (primary N) is 2. The van der Waals surface area contributed by atoms with Crippen LogP contribution in [0.1, 0.15) is 117 Å². The molecule has 6 heteroatoms. The van der Waals surface area contributed by atoms with Gasteiger partial charge in [0.05, 0.1) is 0 Å². The number of carbonyl (C=O) groups is 2. The van der Waals surface area contributed by atoms with Gasteiger partial charge in [-0.15, -0.1) is 0 Å². The molecule has 3 rings (SSSR count). The van der Waals surface area contributed by atoms with Crippen LogP contribution in [0.2, 0.25) is 0 Å². The molecule has 0 fully saturated rings. The molecule has 0 bridgehead atoms. The summed E-state index contributed by atoms with van der Waals surface area (Å²) >= 11 is 0. The standard InChI is InChI=1S/C35H48N4O2/c1-2-3-4-5-6-7-8-9-10-11-12-13-14-15-27-20-25-32(38-34(40)28-16-21-30(36)22-17-28)26-33(27)39-35(41)29-18-23-31(37)24-19-29/h16-26H,2-15,36-37H2,1H3,(H,38,40)(H,39,41). The number of hydrogen-bond acceptors (Lipinski definition) is 4. The van der Waals surface area contributed by atoms with Crippen LogP contribution in [0.15, 0.2) is 66.7 Å².